The standard InChI is InChI=1S/C22H21NO7/c1-5-29-22(26)17-12-23(14-6-8-15(9-7-14)30-13(2)24)18-11-20(28-4)19(27-3)10-16(18)21(17)25/h6-12H,5H2,1-4H3. The Bertz CT molecular complexity index is 1160. The second-order valence-corrected chi connectivity index (χ2v) is 6.27. The molecule has 0 fully saturated rings. The number of benzene rings is 2. The third kappa shape index (κ3) is 3.98. The zero-order valence-electron chi connectivity index (χ0n) is 17.1. The molecule has 0 amide bonds. The summed E-state index contributed by atoms with van der Waals surface area (Å²) in [7, 11) is 2.96. The summed E-state index contributed by atoms with van der Waals surface area (Å²) in [6.07, 6.45) is 1.43. The Labute approximate surface area is 172 Å². The Morgan fingerprint density at radius 3 is 2.20 bits per heavy atom. The number of carbonyl (C=O) groups excluding carboxylic acids is 2. The van der Waals surface area contributed by atoms with Crippen LogP contribution in [0, 0.1) is 0 Å². The van der Waals surface area contributed by atoms with E-state index in [2.05, 4.69) is 0 Å². The van der Waals surface area contributed by atoms with Gasteiger partial charge >= 0.3 is 11.9 Å². The first-order valence-electron chi connectivity index (χ1n) is 9.17. The number of fused-ring (bicyclic) bond motifs is 1. The van der Waals surface area contributed by atoms with Gasteiger partial charge in [0, 0.05) is 24.9 Å². The molecule has 0 spiro atoms. The number of ether oxygens (including phenoxy) is 4. The van der Waals surface area contributed by atoms with Gasteiger partial charge in [0.2, 0.25) is 5.43 Å². The summed E-state index contributed by atoms with van der Waals surface area (Å²) in [5, 5.41) is 0.266. The molecule has 3 aromatic rings. The number of aromatic nitrogens is 1. The van der Waals surface area contributed by atoms with Gasteiger partial charge in [0.05, 0.1) is 31.7 Å². The molecule has 3 rings (SSSR count). The number of nitrogens with zero attached hydrogens (tertiary/aromatic N) is 1. The molecule has 1 heterocycles. The highest BCUT2D eigenvalue weighted by Gasteiger charge is 2.19. The van der Waals surface area contributed by atoms with E-state index in [1.165, 1.54) is 33.4 Å². The molecule has 0 aliphatic heterocycles. The van der Waals surface area contributed by atoms with Gasteiger partial charge in [-0.3, -0.25) is 9.59 Å². The summed E-state index contributed by atoms with van der Waals surface area (Å²) in [5.74, 6) is 0.0161. The molecular formula is C22H21NO7. The van der Waals surface area contributed by atoms with Crippen LogP contribution in [0.5, 0.6) is 17.2 Å². The second kappa shape index (κ2) is 8.69. The fraction of sp³-hybridized carbons (Fsp3) is 0.227. The Hall–Kier alpha value is -3.81. The maximum Gasteiger partial charge on any atom is 0.343 e. The van der Waals surface area contributed by atoms with E-state index in [4.69, 9.17) is 18.9 Å². The lowest BCUT2D eigenvalue weighted by molar-refractivity contribution is -0.131. The summed E-state index contributed by atoms with van der Waals surface area (Å²) in [6, 6.07) is 9.83. The number of rotatable bonds is 6. The van der Waals surface area contributed by atoms with Crippen molar-refractivity contribution in [2.75, 3.05) is 20.8 Å². The van der Waals surface area contributed by atoms with Crippen molar-refractivity contribution in [2.24, 2.45) is 0 Å². The molecule has 0 saturated heterocycles. The van der Waals surface area contributed by atoms with Crippen LogP contribution in [0.2, 0.25) is 0 Å². The predicted octanol–water partition coefficient (Wildman–Crippen LogP) is 3.11. The minimum atomic E-state index is -0.718. The van der Waals surface area contributed by atoms with E-state index in [0.29, 0.717) is 28.5 Å². The van der Waals surface area contributed by atoms with Crippen molar-refractivity contribution in [3.63, 3.8) is 0 Å². The van der Waals surface area contributed by atoms with E-state index >= 15 is 0 Å². The quantitative estimate of drug-likeness (QED) is 0.454. The third-order valence-corrected chi connectivity index (χ3v) is 4.38. The van der Waals surface area contributed by atoms with Crippen LogP contribution in [0.4, 0.5) is 0 Å². The van der Waals surface area contributed by atoms with E-state index in [9.17, 15) is 14.4 Å². The number of pyridine rings is 1. The smallest absolute Gasteiger partial charge is 0.343 e. The lowest BCUT2D eigenvalue weighted by atomic mass is 10.1. The van der Waals surface area contributed by atoms with Gasteiger partial charge in [0.1, 0.15) is 11.3 Å². The lowest BCUT2D eigenvalue weighted by Crippen LogP contribution is -2.20. The molecule has 156 valence electrons. The first-order chi connectivity index (χ1) is 14.4. The minimum absolute atomic E-state index is 0.111. The minimum Gasteiger partial charge on any atom is -0.493 e. The first kappa shape index (κ1) is 20.9. The van der Waals surface area contributed by atoms with Crippen molar-refractivity contribution in [2.45, 2.75) is 13.8 Å². The molecule has 0 aliphatic rings. The van der Waals surface area contributed by atoms with Crippen LogP contribution >= 0.6 is 0 Å². The highest BCUT2D eigenvalue weighted by molar-refractivity contribution is 5.95. The van der Waals surface area contributed by atoms with Crippen molar-refractivity contribution in [3.8, 4) is 22.9 Å². The topological polar surface area (TPSA) is 93.1 Å². The van der Waals surface area contributed by atoms with Crippen molar-refractivity contribution in [1.82, 2.24) is 4.57 Å². The summed E-state index contributed by atoms with van der Waals surface area (Å²) in [4.78, 5) is 36.6. The molecule has 0 bridgehead atoms. The van der Waals surface area contributed by atoms with Crippen LogP contribution in [0.3, 0.4) is 0 Å². The Morgan fingerprint density at radius 1 is 1.00 bits per heavy atom. The van der Waals surface area contributed by atoms with Gasteiger partial charge in [0.25, 0.3) is 0 Å². The zero-order valence-corrected chi connectivity index (χ0v) is 17.1. The Morgan fingerprint density at radius 2 is 1.63 bits per heavy atom. The molecule has 8 nitrogen and oxygen atoms in total. The number of esters is 2. The maximum absolute atomic E-state index is 13.0. The summed E-state index contributed by atoms with van der Waals surface area (Å²) >= 11 is 0. The molecule has 1 aromatic heterocycles. The first-order valence-corrected chi connectivity index (χ1v) is 9.17. The lowest BCUT2D eigenvalue weighted by Gasteiger charge is -2.16. The number of carbonyl (C=O) groups is 2. The SMILES string of the molecule is CCOC(=O)c1cn(-c2ccc(OC(C)=O)cc2)c2cc(OC)c(OC)cc2c1=O. The largest absolute Gasteiger partial charge is 0.493 e. The van der Waals surface area contributed by atoms with Crippen molar-refractivity contribution >= 4 is 22.8 Å². The highest BCUT2D eigenvalue weighted by atomic mass is 16.5. The average Bonchev–Trinajstić information content (AvgIpc) is 2.73. The van der Waals surface area contributed by atoms with Gasteiger partial charge in [-0.25, -0.2) is 4.79 Å². The van der Waals surface area contributed by atoms with Crippen LogP contribution in [0.1, 0.15) is 24.2 Å². The zero-order chi connectivity index (χ0) is 21.8. The normalized spacial score (nSPS) is 10.5. The average molecular weight is 411 g/mol. The molecule has 0 radical (unpaired) electrons. The molecule has 0 N–H and O–H groups in total. The van der Waals surface area contributed by atoms with E-state index in [-0.39, 0.29) is 17.6 Å². The number of methoxy groups -OCH3 is 2. The summed E-state index contributed by atoms with van der Waals surface area (Å²) < 4.78 is 22.5. The van der Waals surface area contributed by atoms with Crippen LogP contribution in [0.15, 0.2) is 47.4 Å². The molecule has 2 aromatic carbocycles. The van der Waals surface area contributed by atoms with Crippen molar-refractivity contribution in [1.29, 1.82) is 0 Å². The third-order valence-electron chi connectivity index (χ3n) is 4.38. The van der Waals surface area contributed by atoms with Gasteiger partial charge < -0.3 is 23.5 Å². The van der Waals surface area contributed by atoms with E-state index in [1.807, 2.05) is 0 Å². The predicted molar refractivity (Wildman–Crippen MR) is 110 cm³/mol. The van der Waals surface area contributed by atoms with Crippen LogP contribution < -0.4 is 19.6 Å². The fourth-order valence-electron chi connectivity index (χ4n) is 3.06. The molecule has 30 heavy (non-hydrogen) atoms. The van der Waals surface area contributed by atoms with Gasteiger partial charge in [0.15, 0.2) is 11.5 Å². The molecule has 0 unspecified atom stereocenters. The van der Waals surface area contributed by atoms with Crippen LogP contribution in [-0.2, 0) is 9.53 Å². The van der Waals surface area contributed by atoms with E-state index < -0.39 is 17.4 Å². The van der Waals surface area contributed by atoms with Gasteiger partial charge in [-0.15, -0.1) is 0 Å². The van der Waals surface area contributed by atoms with Crippen LogP contribution in [0.25, 0.3) is 16.6 Å². The molecular weight excluding hydrogens is 390 g/mol. The van der Waals surface area contributed by atoms with Crippen molar-refractivity contribution < 1.29 is 28.5 Å². The fourth-order valence-corrected chi connectivity index (χ4v) is 3.06. The van der Waals surface area contributed by atoms with E-state index in [0.717, 1.165) is 0 Å². The summed E-state index contributed by atoms with van der Waals surface area (Å²) in [6.45, 7) is 3.12. The maximum atomic E-state index is 13.0. The van der Waals surface area contributed by atoms with Gasteiger partial charge in [-0.1, -0.05) is 0 Å². The Kier molecular flexibility index (Phi) is 6.06. The molecule has 0 atom stereocenters. The molecule has 0 saturated carbocycles. The monoisotopic (exact) mass is 411 g/mol. The van der Waals surface area contributed by atoms with Gasteiger partial charge in [-0.05, 0) is 37.3 Å². The second-order valence-electron chi connectivity index (χ2n) is 6.27. The molecule has 0 aliphatic carbocycles. The highest BCUT2D eigenvalue weighted by Crippen LogP contribution is 2.32. The van der Waals surface area contributed by atoms with Crippen molar-refractivity contribution in [3.05, 3.63) is 58.4 Å². The summed E-state index contributed by atoms with van der Waals surface area (Å²) in [5.41, 5.74) is 0.553. The number of hydrogen-bond acceptors (Lipinski definition) is 7. The number of hydrogen-bond donors (Lipinski definition) is 0. The molecule has 8 heteroatoms. The van der Waals surface area contributed by atoms with Crippen LogP contribution in [-0.4, -0.2) is 37.3 Å². The Balaban J connectivity index is 2.30. The van der Waals surface area contributed by atoms with Gasteiger partial charge in [-0.2, -0.15) is 0 Å². The van der Waals surface area contributed by atoms with E-state index in [1.54, 1.807) is 41.8 Å².